The van der Waals surface area contributed by atoms with E-state index in [-0.39, 0.29) is 37.7 Å². The zero-order valence-electron chi connectivity index (χ0n) is 15.3. The first-order valence-electron chi connectivity index (χ1n) is 8.36. The highest BCUT2D eigenvalue weighted by molar-refractivity contribution is 6.06. The molecule has 0 aliphatic heterocycles. The van der Waals surface area contributed by atoms with Crippen molar-refractivity contribution >= 4 is 16.7 Å². The summed E-state index contributed by atoms with van der Waals surface area (Å²) in [4.78, 5) is 11.7. The molecule has 0 saturated heterocycles. The summed E-state index contributed by atoms with van der Waals surface area (Å²) in [5.41, 5.74) is 0.00286. The Bertz CT molecular complexity index is 761. The average molecular weight is 380 g/mol. The van der Waals surface area contributed by atoms with Crippen molar-refractivity contribution < 1.29 is 39.1 Å². The number of hydrogen-bond acceptors (Lipinski definition) is 7. The Balaban J connectivity index is 2.22. The minimum absolute atomic E-state index is 0.00286. The number of ether oxygens (including phenoxy) is 4. The molecule has 2 atom stereocenters. The van der Waals surface area contributed by atoms with Crippen molar-refractivity contribution in [1.82, 2.24) is 0 Å². The van der Waals surface area contributed by atoms with E-state index in [0.717, 1.165) is 0 Å². The fourth-order valence-electron chi connectivity index (χ4n) is 2.58. The van der Waals surface area contributed by atoms with Gasteiger partial charge < -0.3 is 34.3 Å². The van der Waals surface area contributed by atoms with Gasteiger partial charge in [-0.3, -0.25) is 0 Å². The van der Waals surface area contributed by atoms with Crippen molar-refractivity contribution in [3.8, 4) is 11.5 Å². The Morgan fingerprint density at radius 3 is 2.15 bits per heavy atom. The van der Waals surface area contributed by atoms with Gasteiger partial charge in [0, 0.05) is 19.6 Å². The maximum absolute atomic E-state index is 11.7. The van der Waals surface area contributed by atoms with Crippen LogP contribution in [0.25, 0.3) is 10.8 Å². The van der Waals surface area contributed by atoms with E-state index in [1.54, 1.807) is 24.3 Å². The number of benzene rings is 2. The lowest BCUT2D eigenvalue weighted by molar-refractivity contribution is 0.0319. The van der Waals surface area contributed by atoms with E-state index in [4.69, 9.17) is 18.9 Å². The third-order valence-corrected chi connectivity index (χ3v) is 3.76. The van der Waals surface area contributed by atoms with Gasteiger partial charge in [0.1, 0.15) is 42.5 Å². The van der Waals surface area contributed by atoms with Crippen molar-refractivity contribution in [3.63, 3.8) is 0 Å². The molecule has 0 amide bonds. The molecule has 3 N–H and O–H groups in total. The Hall–Kier alpha value is -2.39. The SMILES string of the molecule is COCC(O)COc1ccc2c(C(=O)O)c(OCC(O)COC)ccc2c1. The van der Waals surface area contributed by atoms with Gasteiger partial charge in [-0.15, -0.1) is 0 Å². The summed E-state index contributed by atoms with van der Waals surface area (Å²) >= 11 is 0. The van der Waals surface area contributed by atoms with E-state index in [9.17, 15) is 20.1 Å². The number of rotatable bonds is 11. The van der Waals surface area contributed by atoms with Crippen LogP contribution in [0, 0.1) is 0 Å². The van der Waals surface area contributed by atoms with Gasteiger partial charge in [-0.1, -0.05) is 6.07 Å². The van der Waals surface area contributed by atoms with Crippen LogP contribution in [-0.4, -0.2) is 74.1 Å². The molecule has 0 bridgehead atoms. The second-order valence-corrected chi connectivity index (χ2v) is 5.97. The fraction of sp³-hybridized carbons (Fsp3) is 0.421. The van der Waals surface area contributed by atoms with Crippen LogP contribution in [0.5, 0.6) is 11.5 Å². The van der Waals surface area contributed by atoms with E-state index in [1.807, 2.05) is 0 Å². The second-order valence-electron chi connectivity index (χ2n) is 5.97. The lowest BCUT2D eigenvalue weighted by Crippen LogP contribution is -2.23. The molecule has 0 fully saturated rings. The summed E-state index contributed by atoms with van der Waals surface area (Å²) in [6.07, 6.45) is -1.61. The topological polar surface area (TPSA) is 115 Å². The number of carboxylic acid groups (broad SMARTS) is 1. The van der Waals surface area contributed by atoms with Gasteiger partial charge in [-0.25, -0.2) is 4.79 Å². The zero-order chi connectivity index (χ0) is 19.8. The Labute approximate surface area is 156 Å². The quantitative estimate of drug-likeness (QED) is 0.535. The molecule has 8 heteroatoms. The molecule has 2 aromatic carbocycles. The Morgan fingerprint density at radius 1 is 0.926 bits per heavy atom. The first-order chi connectivity index (χ1) is 13.0. The maximum Gasteiger partial charge on any atom is 0.340 e. The largest absolute Gasteiger partial charge is 0.491 e. The number of fused-ring (bicyclic) bond motifs is 1. The summed E-state index contributed by atoms with van der Waals surface area (Å²) in [5.74, 6) is -0.478. The third kappa shape index (κ3) is 5.80. The number of aliphatic hydroxyl groups excluding tert-OH is 2. The van der Waals surface area contributed by atoms with E-state index < -0.39 is 18.2 Å². The fourth-order valence-corrected chi connectivity index (χ4v) is 2.58. The molecule has 2 unspecified atom stereocenters. The lowest BCUT2D eigenvalue weighted by atomic mass is 10.0. The molecule has 0 aliphatic carbocycles. The van der Waals surface area contributed by atoms with Gasteiger partial charge in [0.25, 0.3) is 0 Å². The molecule has 0 aliphatic rings. The molecule has 148 valence electrons. The summed E-state index contributed by atoms with van der Waals surface area (Å²) in [6, 6.07) is 8.17. The van der Waals surface area contributed by atoms with Crippen LogP contribution in [-0.2, 0) is 9.47 Å². The van der Waals surface area contributed by atoms with Gasteiger partial charge in [-0.2, -0.15) is 0 Å². The van der Waals surface area contributed by atoms with Crippen LogP contribution in [0.4, 0.5) is 0 Å². The minimum Gasteiger partial charge on any atom is -0.491 e. The van der Waals surface area contributed by atoms with Crippen LogP contribution in [0.1, 0.15) is 10.4 Å². The number of hydrogen-bond donors (Lipinski definition) is 3. The van der Waals surface area contributed by atoms with Crippen molar-refractivity contribution in [2.24, 2.45) is 0 Å². The van der Waals surface area contributed by atoms with Crippen LogP contribution in [0.3, 0.4) is 0 Å². The summed E-state index contributed by atoms with van der Waals surface area (Å²) in [5, 5.41) is 30.1. The molecule has 8 nitrogen and oxygen atoms in total. The van der Waals surface area contributed by atoms with Crippen LogP contribution in [0.2, 0.25) is 0 Å². The van der Waals surface area contributed by atoms with E-state index in [0.29, 0.717) is 16.5 Å². The van der Waals surface area contributed by atoms with Gasteiger partial charge in [0.15, 0.2) is 0 Å². The number of aromatic carboxylic acids is 1. The third-order valence-electron chi connectivity index (χ3n) is 3.76. The molecule has 0 saturated carbocycles. The molecule has 2 aromatic rings. The lowest BCUT2D eigenvalue weighted by Gasteiger charge is -2.15. The molecule has 0 spiro atoms. The maximum atomic E-state index is 11.7. The smallest absolute Gasteiger partial charge is 0.340 e. The summed E-state index contributed by atoms with van der Waals surface area (Å²) in [6.45, 7) is 0.222. The summed E-state index contributed by atoms with van der Waals surface area (Å²) in [7, 11) is 2.94. The highest BCUT2D eigenvalue weighted by Crippen LogP contribution is 2.31. The standard InChI is InChI=1S/C19H24O8/c1-24-8-13(20)10-26-15-4-5-16-12(7-15)3-6-17(18(16)19(22)23)27-11-14(21)9-25-2/h3-7,13-14,20-21H,8-11H2,1-2H3,(H,22,23). The predicted molar refractivity (Wildman–Crippen MR) is 97.7 cm³/mol. The molecule has 27 heavy (non-hydrogen) atoms. The molecule has 0 heterocycles. The number of carbonyl (C=O) groups is 1. The Morgan fingerprint density at radius 2 is 1.56 bits per heavy atom. The zero-order valence-corrected chi connectivity index (χ0v) is 15.3. The molecular formula is C19H24O8. The van der Waals surface area contributed by atoms with E-state index >= 15 is 0 Å². The van der Waals surface area contributed by atoms with Crippen molar-refractivity contribution in [1.29, 1.82) is 0 Å². The first kappa shape index (κ1) is 20.9. The number of methoxy groups -OCH3 is 2. The predicted octanol–water partition coefficient (Wildman–Crippen LogP) is 1.31. The van der Waals surface area contributed by atoms with Crippen LogP contribution >= 0.6 is 0 Å². The highest BCUT2D eigenvalue weighted by Gasteiger charge is 2.17. The molecular weight excluding hydrogens is 356 g/mol. The van der Waals surface area contributed by atoms with Crippen LogP contribution < -0.4 is 9.47 Å². The van der Waals surface area contributed by atoms with Crippen molar-refractivity contribution in [2.45, 2.75) is 12.2 Å². The van der Waals surface area contributed by atoms with Crippen molar-refractivity contribution in [3.05, 3.63) is 35.9 Å². The molecule has 2 rings (SSSR count). The summed E-state index contributed by atoms with van der Waals surface area (Å²) < 4.78 is 20.6. The first-order valence-corrected chi connectivity index (χ1v) is 8.36. The van der Waals surface area contributed by atoms with Gasteiger partial charge >= 0.3 is 5.97 Å². The molecule has 0 aromatic heterocycles. The van der Waals surface area contributed by atoms with E-state index in [1.165, 1.54) is 20.3 Å². The number of aliphatic hydroxyl groups is 2. The van der Waals surface area contributed by atoms with Gasteiger partial charge in [0.05, 0.1) is 13.2 Å². The monoisotopic (exact) mass is 380 g/mol. The normalized spacial score (nSPS) is 13.3. The minimum atomic E-state index is -1.14. The van der Waals surface area contributed by atoms with E-state index in [2.05, 4.69) is 0 Å². The van der Waals surface area contributed by atoms with Gasteiger partial charge in [0.2, 0.25) is 0 Å². The Kier molecular flexibility index (Phi) is 7.81. The second kappa shape index (κ2) is 10.1. The van der Waals surface area contributed by atoms with Crippen LogP contribution in [0.15, 0.2) is 30.3 Å². The highest BCUT2D eigenvalue weighted by atomic mass is 16.5. The average Bonchev–Trinajstić information content (AvgIpc) is 2.64. The van der Waals surface area contributed by atoms with Gasteiger partial charge in [-0.05, 0) is 29.7 Å². The molecule has 0 radical (unpaired) electrons. The van der Waals surface area contributed by atoms with Crippen molar-refractivity contribution in [2.75, 3.05) is 40.6 Å². The number of carboxylic acids is 1.